The van der Waals surface area contributed by atoms with Gasteiger partial charge >= 0.3 is 0 Å². The second-order valence-corrected chi connectivity index (χ2v) is 8.04. The summed E-state index contributed by atoms with van der Waals surface area (Å²) < 4.78 is 25.9. The molecule has 1 aromatic heterocycles. The van der Waals surface area contributed by atoms with Gasteiger partial charge in [0.15, 0.2) is 0 Å². The van der Waals surface area contributed by atoms with Gasteiger partial charge in [-0.1, -0.05) is 6.92 Å². The molecule has 1 atom stereocenters. The Bertz CT molecular complexity index is 931. The molecule has 0 radical (unpaired) electrons. The van der Waals surface area contributed by atoms with Crippen molar-refractivity contribution in [2.45, 2.75) is 44.7 Å². The third-order valence-corrected chi connectivity index (χ3v) is 6.02. The van der Waals surface area contributed by atoms with Crippen molar-refractivity contribution in [1.82, 2.24) is 9.47 Å². The van der Waals surface area contributed by atoms with Crippen LogP contribution in [0, 0.1) is 13.8 Å². The summed E-state index contributed by atoms with van der Waals surface area (Å²) in [5, 5.41) is 5.32. The standard InChI is InChI=1S/C18H23N3O3S/c1-4-15-16-6-5-7-20(16)8-9-21(15)18(22)14-10-12(2)13(3)17(11-14)25(19,23)24/h5-7,10-11,15H,4,8-9H2,1-3H3,(H2,19,23,24). The summed E-state index contributed by atoms with van der Waals surface area (Å²) in [6.07, 6.45) is 2.82. The van der Waals surface area contributed by atoms with Gasteiger partial charge in [-0.25, -0.2) is 13.6 Å². The number of nitrogens with two attached hydrogens (primary N) is 1. The van der Waals surface area contributed by atoms with Gasteiger partial charge < -0.3 is 9.47 Å². The largest absolute Gasteiger partial charge is 0.348 e. The van der Waals surface area contributed by atoms with Crippen LogP contribution in [0.5, 0.6) is 0 Å². The van der Waals surface area contributed by atoms with E-state index in [2.05, 4.69) is 4.57 Å². The Hall–Kier alpha value is -2.12. The number of hydrogen-bond acceptors (Lipinski definition) is 3. The first kappa shape index (κ1) is 17.7. The fourth-order valence-corrected chi connectivity index (χ4v) is 4.43. The third kappa shape index (κ3) is 3.09. The Morgan fingerprint density at radius 2 is 2.00 bits per heavy atom. The van der Waals surface area contributed by atoms with E-state index >= 15 is 0 Å². The molecule has 25 heavy (non-hydrogen) atoms. The number of aryl methyl sites for hydroxylation is 1. The predicted molar refractivity (Wildman–Crippen MR) is 95.8 cm³/mol. The molecule has 0 bridgehead atoms. The van der Waals surface area contributed by atoms with Crippen molar-refractivity contribution < 1.29 is 13.2 Å². The fraction of sp³-hybridized carbons (Fsp3) is 0.389. The molecule has 7 heteroatoms. The minimum absolute atomic E-state index is 0.0178. The van der Waals surface area contributed by atoms with E-state index in [-0.39, 0.29) is 16.8 Å². The van der Waals surface area contributed by atoms with E-state index in [1.54, 1.807) is 19.9 Å². The summed E-state index contributed by atoms with van der Waals surface area (Å²) in [4.78, 5) is 15.0. The first-order chi connectivity index (χ1) is 11.7. The minimum atomic E-state index is -3.88. The first-order valence-corrected chi connectivity index (χ1v) is 9.88. The fourth-order valence-electron chi connectivity index (χ4n) is 3.55. The number of hydrogen-bond donors (Lipinski definition) is 1. The van der Waals surface area contributed by atoms with Gasteiger partial charge in [-0.2, -0.15) is 0 Å². The van der Waals surface area contributed by atoms with E-state index < -0.39 is 10.0 Å². The van der Waals surface area contributed by atoms with Gasteiger partial charge in [-0.3, -0.25) is 4.79 Å². The molecule has 134 valence electrons. The van der Waals surface area contributed by atoms with Gasteiger partial charge in [0.2, 0.25) is 10.0 Å². The number of aromatic nitrogens is 1. The van der Waals surface area contributed by atoms with Crippen LogP contribution in [0.25, 0.3) is 0 Å². The van der Waals surface area contributed by atoms with E-state index in [9.17, 15) is 13.2 Å². The molecule has 0 saturated heterocycles. The van der Waals surface area contributed by atoms with Gasteiger partial charge in [-0.15, -0.1) is 0 Å². The van der Waals surface area contributed by atoms with Crippen molar-refractivity contribution >= 4 is 15.9 Å². The van der Waals surface area contributed by atoms with Crippen LogP contribution in [0.1, 0.15) is 46.6 Å². The highest BCUT2D eigenvalue weighted by atomic mass is 32.2. The lowest BCUT2D eigenvalue weighted by atomic mass is 10.0. The molecular weight excluding hydrogens is 338 g/mol. The number of benzene rings is 1. The maximum Gasteiger partial charge on any atom is 0.254 e. The maximum atomic E-state index is 13.1. The minimum Gasteiger partial charge on any atom is -0.348 e. The van der Waals surface area contributed by atoms with Gasteiger partial charge in [0.1, 0.15) is 0 Å². The summed E-state index contributed by atoms with van der Waals surface area (Å²) >= 11 is 0. The van der Waals surface area contributed by atoms with Gasteiger partial charge in [0, 0.05) is 30.5 Å². The zero-order chi connectivity index (χ0) is 18.4. The number of carbonyl (C=O) groups is 1. The Labute approximate surface area is 148 Å². The van der Waals surface area contributed by atoms with Crippen LogP contribution in [-0.4, -0.2) is 30.3 Å². The Balaban J connectivity index is 2.03. The molecule has 1 amide bonds. The number of nitrogens with zero attached hydrogens (tertiary/aromatic N) is 2. The van der Waals surface area contributed by atoms with E-state index in [4.69, 9.17) is 5.14 Å². The number of carbonyl (C=O) groups excluding carboxylic acids is 1. The SMILES string of the molecule is CCC1c2cccn2CCN1C(=O)c1cc(C)c(C)c(S(N)(=O)=O)c1. The van der Waals surface area contributed by atoms with E-state index in [0.717, 1.165) is 24.2 Å². The topological polar surface area (TPSA) is 85.4 Å². The monoisotopic (exact) mass is 361 g/mol. The zero-order valence-corrected chi connectivity index (χ0v) is 15.5. The zero-order valence-electron chi connectivity index (χ0n) is 14.7. The highest BCUT2D eigenvalue weighted by Gasteiger charge is 2.31. The first-order valence-electron chi connectivity index (χ1n) is 8.34. The van der Waals surface area contributed by atoms with Crippen molar-refractivity contribution in [1.29, 1.82) is 0 Å². The molecule has 2 heterocycles. The van der Waals surface area contributed by atoms with Crippen molar-refractivity contribution in [2.75, 3.05) is 6.54 Å². The number of fused-ring (bicyclic) bond motifs is 1. The number of sulfonamides is 1. The summed E-state index contributed by atoms with van der Waals surface area (Å²) in [6.45, 7) is 6.86. The highest BCUT2D eigenvalue weighted by Crippen LogP contribution is 2.31. The van der Waals surface area contributed by atoms with Crippen LogP contribution in [0.3, 0.4) is 0 Å². The average molecular weight is 361 g/mol. The molecule has 1 aromatic carbocycles. The van der Waals surface area contributed by atoms with Crippen LogP contribution in [0.2, 0.25) is 0 Å². The molecule has 0 spiro atoms. The lowest BCUT2D eigenvalue weighted by Gasteiger charge is -2.36. The van der Waals surface area contributed by atoms with Crippen LogP contribution in [0.4, 0.5) is 0 Å². The average Bonchev–Trinajstić information content (AvgIpc) is 3.03. The molecule has 2 aromatic rings. The van der Waals surface area contributed by atoms with Crippen LogP contribution in [0.15, 0.2) is 35.4 Å². The van der Waals surface area contributed by atoms with E-state index in [1.165, 1.54) is 6.07 Å². The van der Waals surface area contributed by atoms with Crippen molar-refractivity contribution in [3.8, 4) is 0 Å². The molecule has 1 aliphatic heterocycles. The predicted octanol–water partition coefficient (Wildman–Crippen LogP) is 2.36. The Kier molecular flexibility index (Phi) is 4.47. The number of rotatable bonds is 3. The number of amides is 1. The Morgan fingerprint density at radius 3 is 2.64 bits per heavy atom. The van der Waals surface area contributed by atoms with Gasteiger partial charge in [0.25, 0.3) is 5.91 Å². The number of primary sulfonamides is 1. The Morgan fingerprint density at radius 1 is 1.28 bits per heavy atom. The third-order valence-electron chi connectivity index (χ3n) is 4.98. The molecule has 3 rings (SSSR count). The normalized spacial score (nSPS) is 17.4. The maximum absolute atomic E-state index is 13.1. The second kappa shape index (κ2) is 6.31. The molecule has 0 fully saturated rings. The van der Waals surface area contributed by atoms with Crippen LogP contribution in [-0.2, 0) is 16.6 Å². The lowest BCUT2D eigenvalue weighted by Crippen LogP contribution is -2.41. The van der Waals surface area contributed by atoms with Crippen molar-refractivity contribution in [3.05, 3.63) is 52.8 Å². The van der Waals surface area contributed by atoms with E-state index in [0.29, 0.717) is 17.7 Å². The molecule has 0 aliphatic carbocycles. The molecule has 1 unspecified atom stereocenters. The van der Waals surface area contributed by atoms with Crippen LogP contribution < -0.4 is 5.14 Å². The lowest BCUT2D eigenvalue weighted by molar-refractivity contribution is 0.0617. The molecule has 6 nitrogen and oxygen atoms in total. The second-order valence-electron chi connectivity index (χ2n) is 6.51. The van der Waals surface area contributed by atoms with Gasteiger partial charge in [-0.05, 0) is 55.7 Å². The molecular formula is C18H23N3O3S. The highest BCUT2D eigenvalue weighted by molar-refractivity contribution is 7.89. The summed E-state index contributed by atoms with van der Waals surface area (Å²) in [5.74, 6) is -0.160. The summed E-state index contributed by atoms with van der Waals surface area (Å²) in [6, 6.07) is 7.15. The smallest absolute Gasteiger partial charge is 0.254 e. The quantitative estimate of drug-likeness (QED) is 0.910. The summed E-state index contributed by atoms with van der Waals surface area (Å²) in [5.41, 5.74) is 2.80. The van der Waals surface area contributed by atoms with Crippen LogP contribution >= 0.6 is 0 Å². The van der Waals surface area contributed by atoms with Crippen molar-refractivity contribution in [2.24, 2.45) is 5.14 Å². The molecule has 1 aliphatic rings. The molecule has 2 N–H and O–H groups in total. The van der Waals surface area contributed by atoms with E-state index in [1.807, 2.05) is 30.2 Å². The van der Waals surface area contributed by atoms with Gasteiger partial charge in [0.05, 0.1) is 10.9 Å². The molecule has 0 saturated carbocycles. The van der Waals surface area contributed by atoms with Crippen molar-refractivity contribution in [3.63, 3.8) is 0 Å². The summed E-state index contributed by atoms with van der Waals surface area (Å²) in [7, 11) is -3.88.